The third-order valence-corrected chi connectivity index (χ3v) is 6.95. The van der Waals surface area contributed by atoms with Crippen molar-refractivity contribution >= 4 is 0 Å². The Balaban J connectivity index is 2.71. The summed E-state index contributed by atoms with van der Waals surface area (Å²) in [6.07, 6.45) is 2.35. The van der Waals surface area contributed by atoms with Gasteiger partial charge in [0.1, 0.15) is 0 Å². The second-order valence-electron chi connectivity index (χ2n) is 8.45. The van der Waals surface area contributed by atoms with Gasteiger partial charge < -0.3 is 0 Å². The van der Waals surface area contributed by atoms with Crippen LogP contribution in [0.3, 0.4) is 0 Å². The van der Waals surface area contributed by atoms with E-state index in [2.05, 4.69) is 82.2 Å². The SMILES string of the molecule is CC=C(C1=C(C)C(C)=C(C)C1(C)C)C1=C(C)C(C)=C(C)C1(C)C. The Kier molecular flexibility index (Phi) is 4.21. The normalized spacial score (nSPS) is 23.4. The molecule has 0 unspecified atom stereocenters. The second kappa shape index (κ2) is 5.36. The molecule has 0 heterocycles. The van der Waals surface area contributed by atoms with Crippen molar-refractivity contribution in [1.29, 1.82) is 0 Å². The van der Waals surface area contributed by atoms with Gasteiger partial charge in [-0.05, 0) is 87.5 Å². The highest BCUT2D eigenvalue weighted by atomic mass is 14.5. The Hall–Kier alpha value is -1.30. The van der Waals surface area contributed by atoms with Crippen LogP contribution in [-0.2, 0) is 0 Å². The molecule has 0 aliphatic heterocycles. The lowest BCUT2D eigenvalue weighted by Gasteiger charge is -2.34. The van der Waals surface area contributed by atoms with Crippen LogP contribution in [0.2, 0.25) is 0 Å². The fourth-order valence-electron chi connectivity index (χ4n) is 4.68. The Morgan fingerprint density at radius 3 is 1.09 bits per heavy atom. The molecular weight excluding hydrogens is 276 g/mol. The minimum atomic E-state index is 0.115. The number of hydrogen-bond acceptors (Lipinski definition) is 0. The summed E-state index contributed by atoms with van der Waals surface area (Å²) >= 11 is 0. The molecule has 0 aromatic heterocycles. The molecule has 0 fully saturated rings. The number of allylic oxidation sites excluding steroid dienone is 10. The van der Waals surface area contributed by atoms with Gasteiger partial charge in [0.25, 0.3) is 0 Å². The van der Waals surface area contributed by atoms with Crippen LogP contribution in [0.25, 0.3) is 0 Å². The lowest BCUT2D eigenvalue weighted by Crippen LogP contribution is -2.22. The molecule has 0 amide bonds. The molecule has 2 aliphatic rings. The molecule has 23 heavy (non-hydrogen) atoms. The van der Waals surface area contributed by atoms with Gasteiger partial charge in [-0.25, -0.2) is 0 Å². The van der Waals surface area contributed by atoms with Gasteiger partial charge in [-0.1, -0.05) is 44.9 Å². The van der Waals surface area contributed by atoms with Crippen LogP contribution in [0.1, 0.15) is 76.2 Å². The van der Waals surface area contributed by atoms with Gasteiger partial charge in [-0.15, -0.1) is 0 Å². The molecular formula is C23H34. The summed E-state index contributed by atoms with van der Waals surface area (Å²) in [6.45, 7) is 25.5. The minimum Gasteiger partial charge on any atom is -0.0797 e. The van der Waals surface area contributed by atoms with Crippen molar-refractivity contribution in [3.05, 3.63) is 56.2 Å². The van der Waals surface area contributed by atoms with Gasteiger partial charge in [-0.3, -0.25) is 0 Å². The fraction of sp³-hybridized carbons (Fsp3) is 0.565. The van der Waals surface area contributed by atoms with E-state index >= 15 is 0 Å². The van der Waals surface area contributed by atoms with Crippen molar-refractivity contribution in [1.82, 2.24) is 0 Å². The monoisotopic (exact) mass is 310 g/mol. The number of rotatable bonds is 2. The smallest absolute Gasteiger partial charge is 0.0117 e. The summed E-state index contributed by atoms with van der Waals surface area (Å²) in [5.41, 5.74) is 13.7. The van der Waals surface area contributed by atoms with E-state index in [-0.39, 0.29) is 10.8 Å². The maximum absolute atomic E-state index is 2.38. The van der Waals surface area contributed by atoms with Crippen LogP contribution in [0.4, 0.5) is 0 Å². The quantitative estimate of drug-likeness (QED) is 0.501. The van der Waals surface area contributed by atoms with Crippen molar-refractivity contribution in [3.8, 4) is 0 Å². The summed E-state index contributed by atoms with van der Waals surface area (Å²) in [5, 5.41) is 0. The first-order valence-corrected chi connectivity index (χ1v) is 8.87. The maximum Gasteiger partial charge on any atom is 0.0117 e. The van der Waals surface area contributed by atoms with Crippen LogP contribution >= 0.6 is 0 Å². The van der Waals surface area contributed by atoms with E-state index in [9.17, 15) is 0 Å². The average molecular weight is 311 g/mol. The van der Waals surface area contributed by atoms with Crippen molar-refractivity contribution in [2.24, 2.45) is 10.8 Å². The molecule has 0 aromatic rings. The molecule has 0 aromatic carbocycles. The molecule has 0 saturated heterocycles. The fourth-order valence-corrected chi connectivity index (χ4v) is 4.68. The summed E-state index contributed by atoms with van der Waals surface area (Å²) in [5.74, 6) is 0. The third-order valence-electron chi connectivity index (χ3n) is 6.95. The highest BCUT2D eigenvalue weighted by Gasteiger charge is 2.42. The van der Waals surface area contributed by atoms with Crippen molar-refractivity contribution in [2.75, 3.05) is 0 Å². The minimum absolute atomic E-state index is 0.115. The molecule has 0 saturated carbocycles. The van der Waals surface area contributed by atoms with E-state index in [1.54, 1.807) is 0 Å². The van der Waals surface area contributed by atoms with Gasteiger partial charge in [0.2, 0.25) is 0 Å². The molecule has 126 valence electrons. The molecule has 2 rings (SSSR count). The lowest BCUT2D eigenvalue weighted by molar-refractivity contribution is 0.526. The van der Waals surface area contributed by atoms with Gasteiger partial charge in [0.05, 0.1) is 0 Å². The van der Waals surface area contributed by atoms with Crippen LogP contribution in [0, 0.1) is 10.8 Å². The molecule has 0 heteroatoms. The topological polar surface area (TPSA) is 0 Å². The third kappa shape index (κ3) is 2.25. The molecule has 0 radical (unpaired) electrons. The van der Waals surface area contributed by atoms with Crippen LogP contribution in [0.15, 0.2) is 56.2 Å². The van der Waals surface area contributed by atoms with Crippen molar-refractivity contribution in [2.45, 2.75) is 76.2 Å². The zero-order chi connectivity index (χ0) is 17.9. The first-order valence-electron chi connectivity index (χ1n) is 8.87. The van der Waals surface area contributed by atoms with Crippen LogP contribution < -0.4 is 0 Å². The Bertz CT molecular complexity index is 662. The van der Waals surface area contributed by atoms with Gasteiger partial charge in [-0.2, -0.15) is 0 Å². The first kappa shape index (κ1) is 18.0. The van der Waals surface area contributed by atoms with Crippen LogP contribution in [0.5, 0.6) is 0 Å². The van der Waals surface area contributed by atoms with Gasteiger partial charge in [0.15, 0.2) is 0 Å². The standard InChI is InChI=1S/C23H34/c1-12-19(20-15(4)13(2)17(6)22(20,8)9)21-16(5)14(3)18(7)23(21,10)11/h12H,1-11H3. The van der Waals surface area contributed by atoms with E-state index in [0.717, 1.165) is 0 Å². The largest absolute Gasteiger partial charge is 0.0797 e. The highest BCUT2D eigenvalue weighted by molar-refractivity contribution is 5.68. The van der Waals surface area contributed by atoms with E-state index in [1.807, 2.05) is 0 Å². The lowest BCUT2D eigenvalue weighted by atomic mass is 9.69. The average Bonchev–Trinajstić information content (AvgIpc) is 2.72. The molecule has 0 N–H and O–H groups in total. The molecule has 0 atom stereocenters. The predicted octanol–water partition coefficient (Wildman–Crippen LogP) is 7.32. The zero-order valence-electron chi connectivity index (χ0n) is 17.1. The molecule has 0 bridgehead atoms. The summed E-state index contributed by atoms with van der Waals surface area (Å²) in [4.78, 5) is 0. The summed E-state index contributed by atoms with van der Waals surface area (Å²) < 4.78 is 0. The van der Waals surface area contributed by atoms with E-state index in [4.69, 9.17) is 0 Å². The maximum atomic E-state index is 2.38. The van der Waals surface area contributed by atoms with E-state index < -0.39 is 0 Å². The van der Waals surface area contributed by atoms with Crippen LogP contribution in [-0.4, -0.2) is 0 Å². The molecule has 2 aliphatic carbocycles. The van der Waals surface area contributed by atoms with Crippen molar-refractivity contribution < 1.29 is 0 Å². The summed E-state index contributed by atoms with van der Waals surface area (Å²) in [7, 11) is 0. The first-order chi connectivity index (χ1) is 10.4. The Morgan fingerprint density at radius 2 is 0.913 bits per heavy atom. The summed E-state index contributed by atoms with van der Waals surface area (Å²) in [6, 6.07) is 0. The predicted molar refractivity (Wildman–Crippen MR) is 103 cm³/mol. The second-order valence-corrected chi connectivity index (χ2v) is 8.45. The highest BCUT2D eigenvalue weighted by Crippen LogP contribution is 2.56. The molecule has 0 spiro atoms. The van der Waals surface area contributed by atoms with Gasteiger partial charge in [0, 0.05) is 10.8 Å². The number of hydrogen-bond donors (Lipinski definition) is 0. The Morgan fingerprint density at radius 1 is 0.609 bits per heavy atom. The van der Waals surface area contributed by atoms with Gasteiger partial charge >= 0.3 is 0 Å². The Labute approximate surface area is 143 Å². The zero-order valence-corrected chi connectivity index (χ0v) is 17.1. The van der Waals surface area contributed by atoms with E-state index in [1.165, 1.54) is 50.2 Å². The van der Waals surface area contributed by atoms with E-state index in [0.29, 0.717) is 0 Å². The van der Waals surface area contributed by atoms with Crippen molar-refractivity contribution in [3.63, 3.8) is 0 Å². The molecule has 0 nitrogen and oxygen atoms in total.